The summed E-state index contributed by atoms with van der Waals surface area (Å²) in [6.07, 6.45) is 3.07. The Bertz CT molecular complexity index is 425. The average Bonchev–Trinajstić information content (AvgIpc) is 2.52. The number of hydrogen-bond acceptors (Lipinski definition) is 1. The number of Topliss-reactive ketones (excluding diaryl/α,β-unsaturated/α-hetero) is 1. The summed E-state index contributed by atoms with van der Waals surface area (Å²) in [6.45, 7) is 4.12. The number of aryl methyl sites for hydroxylation is 1. The first kappa shape index (κ1) is 11.3. The van der Waals surface area contributed by atoms with Crippen LogP contribution in [0.25, 0.3) is 0 Å². The summed E-state index contributed by atoms with van der Waals surface area (Å²) in [6, 6.07) is 4.90. The van der Waals surface area contributed by atoms with Gasteiger partial charge in [-0.15, -0.1) is 0 Å². The molecule has 0 heterocycles. The molecule has 1 aliphatic rings. The van der Waals surface area contributed by atoms with Gasteiger partial charge in [0.1, 0.15) is 11.6 Å². The van der Waals surface area contributed by atoms with Crippen LogP contribution in [0.1, 0.15) is 37.3 Å². The lowest BCUT2D eigenvalue weighted by Gasteiger charge is -2.23. The van der Waals surface area contributed by atoms with Crippen molar-refractivity contribution >= 4 is 5.78 Å². The van der Waals surface area contributed by atoms with Crippen LogP contribution in [0.5, 0.6) is 0 Å². The Balaban J connectivity index is 2.20. The minimum Gasteiger partial charge on any atom is -0.300 e. The van der Waals surface area contributed by atoms with Gasteiger partial charge in [0, 0.05) is 12.8 Å². The Morgan fingerprint density at radius 1 is 1.44 bits per heavy atom. The van der Waals surface area contributed by atoms with Crippen molar-refractivity contribution in [1.82, 2.24) is 0 Å². The van der Waals surface area contributed by atoms with Crippen LogP contribution < -0.4 is 0 Å². The standard InChI is InChI=1S/C14H17FO/c1-10-3-4-12(15)7-11(10)8-14(2)6-5-13(16)9-14/h3-4,7H,5-6,8-9H2,1-2H3. The third kappa shape index (κ3) is 2.31. The Kier molecular flexibility index (Phi) is 2.83. The number of carbonyl (C=O) groups excluding carboxylic acids is 1. The quantitative estimate of drug-likeness (QED) is 0.746. The van der Waals surface area contributed by atoms with E-state index in [1.54, 1.807) is 6.07 Å². The van der Waals surface area contributed by atoms with Gasteiger partial charge >= 0.3 is 0 Å². The van der Waals surface area contributed by atoms with Crippen LogP contribution >= 0.6 is 0 Å². The summed E-state index contributed by atoms with van der Waals surface area (Å²) < 4.78 is 13.2. The molecular weight excluding hydrogens is 203 g/mol. The second kappa shape index (κ2) is 4.00. The second-order valence-electron chi connectivity index (χ2n) is 5.27. The van der Waals surface area contributed by atoms with E-state index < -0.39 is 0 Å². The molecule has 0 aliphatic heterocycles. The number of carbonyl (C=O) groups is 1. The van der Waals surface area contributed by atoms with E-state index in [0.29, 0.717) is 18.6 Å². The zero-order valence-electron chi connectivity index (χ0n) is 9.85. The van der Waals surface area contributed by atoms with Crippen molar-refractivity contribution in [3.8, 4) is 0 Å². The highest BCUT2D eigenvalue weighted by Gasteiger charge is 2.34. The molecule has 0 saturated heterocycles. The smallest absolute Gasteiger partial charge is 0.133 e. The predicted octanol–water partition coefficient (Wildman–Crippen LogP) is 3.44. The first-order valence-corrected chi connectivity index (χ1v) is 5.75. The minimum absolute atomic E-state index is 0.0373. The first-order valence-electron chi connectivity index (χ1n) is 5.75. The highest BCUT2D eigenvalue weighted by molar-refractivity contribution is 5.81. The largest absolute Gasteiger partial charge is 0.300 e. The lowest BCUT2D eigenvalue weighted by Crippen LogP contribution is -2.16. The van der Waals surface area contributed by atoms with Gasteiger partial charge in [-0.3, -0.25) is 4.79 Å². The Hall–Kier alpha value is -1.18. The van der Waals surface area contributed by atoms with E-state index in [-0.39, 0.29) is 11.2 Å². The molecule has 0 amide bonds. The molecule has 1 atom stereocenters. The van der Waals surface area contributed by atoms with E-state index >= 15 is 0 Å². The van der Waals surface area contributed by atoms with Crippen molar-refractivity contribution in [1.29, 1.82) is 0 Å². The zero-order chi connectivity index (χ0) is 11.8. The van der Waals surface area contributed by atoms with Crippen molar-refractivity contribution in [3.63, 3.8) is 0 Å². The number of halogens is 1. The van der Waals surface area contributed by atoms with Crippen LogP contribution in [-0.4, -0.2) is 5.78 Å². The van der Waals surface area contributed by atoms with Gasteiger partial charge in [-0.25, -0.2) is 4.39 Å². The number of benzene rings is 1. The van der Waals surface area contributed by atoms with Crippen LogP contribution in [-0.2, 0) is 11.2 Å². The fraction of sp³-hybridized carbons (Fsp3) is 0.500. The van der Waals surface area contributed by atoms with E-state index in [4.69, 9.17) is 0 Å². The molecule has 1 nitrogen and oxygen atoms in total. The lowest BCUT2D eigenvalue weighted by atomic mass is 9.81. The van der Waals surface area contributed by atoms with Crippen LogP contribution in [0.15, 0.2) is 18.2 Å². The summed E-state index contributed by atoms with van der Waals surface area (Å²) >= 11 is 0. The molecule has 0 aromatic heterocycles. The van der Waals surface area contributed by atoms with Gasteiger partial charge in [-0.05, 0) is 48.4 Å². The Morgan fingerprint density at radius 3 is 2.81 bits per heavy atom. The molecule has 0 N–H and O–H groups in total. The monoisotopic (exact) mass is 220 g/mol. The number of rotatable bonds is 2. The van der Waals surface area contributed by atoms with Crippen molar-refractivity contribution < 1.29 is 9.18 Å². The van der Waals surface area contributed by atoms with Crippen molar-refractivity contribution in [2.24, 2.45) is 5.41 Å². The molecule has 0 spiro atoms. The Morgan fingerprint density at radius 2 is 2.19 bits per heavy atom. The molecule has 0 radical (unpaired) electrons. The van der Waals surface area contributed by atoms with E-state index in [1.165, 1.54) is 6.07 Å². The predicted molar refractivity (Wildman–Crippen MR) is 61.8 cm³/mol. The molecule has 2 heteroatoms. The second-order valence-corrected chi connectivity index (χ2v) is 5.27. The molecule has 1 aliphatic carbocycles. The Labute approximate surface area is 95.7 Å². The lowest BCUT2D eigenvalue weighted by molar-refractivity contribution is -0.117. The van der Waals surface area contributed by atoms with Gasteiger partial charge in [0.2, 0.25) is 0 Å². The summed E-state index contributed by atoms with van der Waals surface area (Å²) in [5.41, 5.74) is 2.19. The van der Waals surface area contributed by atoms with Crippen molar-refractivity contribution in [3.05, 3.63) is 35.1 Å². The maximum Gasteiger partial charge on any atom is 0.133 e. The summed E-state index contributed by atoms with van der Waals surface area (Å²) in [5.74, 6) is 0.157. The highest BCUT2D eigenvalue weighted by atomic mass is 19.1. The molecule has 2 rings (SSSR count). The normalized spacial score (nSPS) is 25.1. The van der Waals surface area contributed by atoms with Crippen molar-refractivity contribution in [2.75, 3.05) is 0 Å². The summed E-state index contributed by atoms with van der Waals surface area (Å²) in [4.78, 5) is 11.3. The van der Waals surface area contributed by atoms with Crippen LogP contribution in [0, 0.1) is 18.2 Å². The highest BCUT2D eigenvalue weighted by Crippen LogP contribution is 2.39. The molecule has 86 valence electrons. The maximum absolute atomic E-state index is 13.2. The van der Waals surface area contributed by atoms with Gasteiger partial charge in [0.25, 0.3) is 0 Å². The summed E-state index contributed by atoms with van der Waals surface area (Å²) in [5, 5.41) is 0. The van der Waals surface area contributed by atoms with Gasteiger partial charge in [0.15, 0.2) is 0 Å². The first-order chi connectivity index (χ1) is 7.48. The third-order valence-electron chi connectivity index (χ3n) is 3.56. The SMILES string of the molecule is Cc1ccc(F)cc1CC1(C)CCC(=O)C1. The number of ketones is 1. The van der Waals surface area contributed by atoms with Gasteiger partial charge < -0.3 is 0 Å². The molecule has 1 saturated carbocycles. The average molecular weight is 220 g/mol. The van der Waals surface area contributed by atoms with Crippen LogP contribution in [0.2, 0.25) is 0 Å². The maximum atomic E-state index is 13.2. The van der Waals surface area contributed by atoms with Gasteiger partial charge in [-0.1, -0.05) is 13.0 Å². The van der Waals surface area contributed by atoms with Crippen molar-refractivity contribution in [2.45, 2.75) is 39.5 Å². The topological polar surface area (TPSA) is 17.1 Å². The molecule has 1 unspecified atom stereocenters. The minimum atomic E-state index is -0.187. The third-order valence-corrected chi connectivity index (χ3v) is 3.56. The van der Waals surface area contributed by atoms with E-state index in [1.807, 2.05) is 13.0 Å². The molecule has 1 aromatic carbocycles. The molecule has 1 fully saturated rings. The van der Waals surface area contributed by atoms with Gasteiger partial charge in [0.05, 0.1) is 0 Å². The fourth-order valence-corrected chi connectivity index (χ4v) is 2.54. The molecule has 1 aromatic rings. The van der Waals surface area contributed by atoms with E-state index in [0.717, 1.165) is 24.0 Å². The zero-order valence-corrected chi connectivity index (χ0v) is 9.85. The number of hydrogen-bond donors (Lipinski definition) is 0. The van der Waals surface area contributed by atoms with E-state index in [2.05, 4.69) is 6.92 Å². The van der Waals surface area contributed by atoms with Gasteiger partial charge in [-0.2, -0.15) is 0 Å². The fourth-order valence-electron chi connectivity index (χ4n) is 2.54. The van der Waals surface area contributed by atoms with Crippen LogP contribution in [0.4, 0.5) is 4.39 Å². The molecule has 16 heavy (non-hydrogen) atoms. The van der Waals surface area contributed by atoms with Crippen LogP contribution in [0.3, 0.4) is 0 Å². The molecular formula is C14H17FO. The molecule has 0 bridgehead atoms. The summed E-state index contributed by atoms with van der Waals surface area (Å²) in [7, 11) is 0. The van der Waals surface area contributed by atoms with E-state index in [9.17, 15) is 9.18 Å².